The first-order valence-electron chi connectivity index (χ1n) is 31.0. The molecule has 0 amide bonds. The van der Waals surface area contributed by atoms with Crippen LogP contribution in [-0.2, 0) is 12.8 Å². The van der Waals surface area contributed by atoms with E-state index in [1.807, 2.05) is 30.3 Å². The molecule has 0 bridgehead atoms. The first kappa shape index (κ1) is 50.7. The maximum Gasteiger partial charge on any atom is 0.211 e. The minimum absolute atomic E-state index is 0.0497. The Balaban J connectivity index is 0.717. The van der Waals surface area contributed by atoms with E-state index in [1.54, 1.807) is 0 Å². The summed E-state index contributed by atoms with van der Waals surface area (Å²) in [5, 5.41) is 28.4. The number of hydrogen-bond acceptors (Lipinski definition) is 3. The molecule has 0 unspecified atom stereocenters. The van der Waals surface area contributed by atoms with E-state index in [4.69, 9.17) is 4.98 Å². The van der Waals surface area contributed by atoms with Crippen molar-refractivity contribution < 1.29 is 9.59 Å². The normalized spacial score (nSPS) is 12.5. The van der Waals surface area contributed by atoms with Crippen LogP contribution in [0, 0.1) is 0 Å². The summed E-state index contributed by atoms with van der Waals surface area (Å²) in [6.07, 6.45) is 1.69. The third-order valence-electron chi connectivity index (χ3n) is 19.9. The van der Waals surface area contributed by atoms with Crippen molar-refractivity contribution in [2.24, 2.45) is 0 Å². The molecular formula is C85H57NO2. The zero-order valence-electron chi connectivity index (χ0n) is 49.3. The number of carbonyl (C=O) groups excluding carboxylic acids is 2. The summed E-state index contributed by atoms with van der Waals surface area (Å²) in [6.45, 7) is 8.82. The quantitative estimate of drug-likeness (QED) is 0.0958. The van der Waals surface area contributed by atoms with Gasteiger partial charge in [0, 0.05) is 11.1 Å². The van der Waals surface area contributed by atoms with Gasteiger partial charge in [0.15, 0.2) is 0 Å². The molecule has 88 heavy (non-hydrogen) atoms. The third kappa shape index (κ3) is 7.53. The fraction of sp³-hybridized carbons (Fsp3) is 0.0941. The Morgan fingerprint density at radius 2 is 0.591 bits per heavy atom. The Morgan fingerprint density at radius 1 is 0.295 bits per heavy atom. The third-order valence-corrected chi connectivity index (χ3v) is 19.9. The Kier molecular flexibility index (Phi) is 10.9. The molecule has 0 aliphatic rings. The highest BCUT2D eigenvalue weighted by atomic mass is 16.1. The van der Waals surface area contributed by atoms with Crippen LogP contribution in [0.3, 0.4) is 0 Å². The number of benzene rings is 17. The first-order chi connectivity index (χ1) is 43.1. The summed E-state index contributed by atoms with van der Waals surface area (Å²) in [4.78, 5) is 35.2. The smallest absolute Gasteiger partial charge is 0.211 e. The van der Waals surface area contributed by atoms with Gasteiger partial charge in [-0.1, -0.05) is 240 Å². The van der Waals surface area contributed by atoms with Crippen LogP contribution >= 0.6 is 0 Å². The Hall–Kier alpha value is -10.6. The van der Waals surface area contributed by atoms with Gasteiger partial charge in [-0.2, -0.15) is 0 Å². The monoisotopic (exact) mass is 1120 g/mol. The van der Waals surface area contributed by atoms with E-state index >= 15 is 4.79 Å². The molecule has 414 valence electrons. The van der Waals surface area contributed by atoms with E-state index in [9.17, 15) is 4.79 Å². The van der Waals surface area contributed by atoms with Crippen LogP contribution < -0.4 is 0 Å². The standard InChI is InChI=1S/C85H57NO2/c1-46(2)62-42-48(40-60-17-15-54-13-11-50-7-5-9-52-19-29-64(60)78(54)76(50)52)39-49(43-62)41-61-18-16-55-24-33-68-66(31-21-57-20-30-65(61)79(55)81(57)68)67-32-22-58-26-36-71-73(38-28-59-25-34-69(67)82(58)83(59)71)85(88)75-45-63(47(3)4)44-74(86-75)84(87)72-37-27-56-14-12-51-8-6-10-53-23-35-70(72)80(56)77(51)53/h5-39,42-47H,40-41H2,1-4H3. The molecule has 0 radical (unpaired) electrons. The van der Waals surface area contributed by atoms with Gasteiger partial charge in [0.25, 0.3) is 0 Å². The molecule has 0 atom stereocenters. The second kappa shape index (κ2) is 18.9. The molecule has 18 aromatic rings. The minimum Gasteiger partial charge on any atom is -0.287 e. The van der Waals surface area contributed by atoms with Crippen molar-refractivity contribution >= 4 is 141 Å². The highest BCUT2D eigenvalue weighted by Crippen LogP contribution is 2.46. The van der Waals surface area contributed by atoms with Gasteiger partial charge < -0.3 is 0 Å². The summed E-state index contributed by atoms with van der Waals surface area (Å²) >= 11 is 0. The molecule has 3 heteroatoms. The van der Waals surface area contributed by atoms with Gasteiger partial charge >= 0.3 is 0 Å². The first-order valence-corrected chi connectivity index (χ1v) is 31.0. The van der Waals surface area contributed by atoms with Crippen molar-refractivity contribution in [2.75, 3.05) is 0 Å². The van der Waals surface area contributed by atoms with Crippen molar-refractivity contribution in [3.8, 4) is 11.1 Å². The number of hydrogen-bond donors (Lipinski definition) is 0. The lowest BCUT2D eigenvalue weighted by atomic mass is 9.84. The van der Waals surface area contributed by atoms with Gasteiger partial charge in [-0.15, -0.1) is 0 Å². The van der Waals surface area contributed by atoms with E-state index < -0.39 is 0 Å². The maximum atomic E-state index is 15.3. The zero-order chi connectivity index (χ0) is 58.8. The average molecular weight is 1120 g/mol. The highest BCUT2D eigenvalue weighted by molar-refractivity contribution is 6.33. The Labute approximate surface area is 508 Å². The number of aromatic nitrogens is 1. The molecule has 1 aromatic heterocycles. The summed E-state index contributed by atoms with van der Waals surface area (Å²) in [6, 6.07) is 86.2. The van der Waals surface area contributed by atoms with Gasteiger partial charge in [0.05, 0.1) is 0 Å². The van der Waals surface area contributed by atoms with Gasteiger partial charge in [-0.05, 0) is 223 Å². The van der Waals surface area contributed by atoms with Crippen LogP contribution in [0.4, 0.5) is 0 Å². The summed E-state index contributed by atoms with van der Waals surface area (Å²) in [5.41, 5.74) is 11.7. The lowest BCUT2D eigenvalue weighted by Crippen LogP contribution is -2.13. The highest BCUT2D eigenvalue weighted by Gasteiger charge is 2.25. The number of rotatable bonds is 11. The number of carbonyl (C=O) groups is 2. The fourth-order valence-electron chi connectivity index (χ4n) is 15.5. The number of ketones is 2. The molecule has 0 aliphatic carbocycles. The molecule has 18 rings (SSSR count). The molecule has 0 spiro atoms. The van der Waals surface area contributed by atoms with Gasteiger partial charge in [0.1, 0.15) is 11.4 Å². The second-order valence-electron chi connectivity index (χ2n) is 25.5. The number of nitrogens with zero attached hydrogens (tertiary/aromatic N) is 1. The van der Waals surface area contributed by atoms with E-state index in [1.165, 1.54) is 98.0 Å². The van der Waals surface area contributed by atoms with E-state index in [0.29, 0.717) is 17.0 Å². The van der Waals surface area contributed by atoms with Gasteiger partial charge in [-0.3, -0.25) is 9.59 Å². The van der Waals surface area contributed by atoms with E-state index in [2.05, 4.69) is 234 Å². The predicted octanol–water partition coefficient (Wildman–Crippen LogP) is 22.2. The minimum atomic E-state index is -0.204. The largest absolute Gasteiger partial charge is 0.287 e. The Morgan fingerprint density at radius 3 is 1.01 bits per heavy atom. The van der Waals surface area contributed by atoms with Crippen molar-refractivity contribution in [2.45, 2.75) is 52.4 Å². The molecule has 0 saturated carbocycles. The molecule has 0 aliphatic heterocycles. The van der Waals surface area contributed by atoms with Crippen LogP contribution in [0.1, 0.15) is 105 Å². The van der Waals surface area contributed by atoms with Gasteiger partial charge in [-0.25, -0.2) is 4.98 Å². The van der Waals surface area contributed by atoms with Crippen LogP contribution in [0.15, 0.2) is 237 Å². The van der Waals surface area contributed by atoms with Crippen LogP contribution in [0.25, 0.3) is 140 Å². The van der Waals surface area contributed by atoms with Crippen molar-refractivity contribution in [3.05, 3.63) is 292 Å². The predicted molar refractivity (Wildman–Crippen MR) is 371 cm³/mol. The lowest BCUT2D eigenvalue weighted by molar-refractivity contribution is 0.103. The zero-order valence-corrected chi connectivity index (χ0v) is 49.3. The average Bonchev–Trinajstić information content (AvgIpc) is 0.887. The topological polar surface area (TPSA) is 47.0 Å². The SMILES string of the molecule is CC(C)c1cc(Cc2ccc3ccc4cccc5ccc2c3c45)cc(Cc2ccc3ccc4c(-c5ccc6ccc7c(C(=O)c8cc(C(C)C)cc(C(=O)c9ccc%10ccc%11cccc%12ccc9c%10c%11%12)n8)ccc8ccc5c6c87)ccc5ccc2c3c54)c1. The fourth-order valence-corrected chi connectivity index (χ4v) is 15.5. The van der Waals surface area contributed by atoms with E-state index in [0.717, 1.165) is 88.6 Å². The van der Waals surface area contributed by atoms with Crippen molar-refractivity contribution in [1.82, 2.24) is 4.98 Å². The Bertz CT molecular complexity index is 5950. The molecule has 0 fully saturated rings. The lowest BCUT2D eigenvalue weighted by Gasteiger charge is -2.19. The molecule has 0 N–H and O–H groups in total. The molecule has 3 nitrogen and oxygen atoms in total. The van der Waals surface area contributed by atoms with E-state index in [-0.39, 0.29) is 28.9 Å². The summed E-state index contributed by atoms with van der Waals surface area (Å²) in [5.74, 6) is 0.0377. The van der Waals surface area contributed by atoms with Gasteiger partial charge in [0.2, 0.25) is 11.6 Å². The molecule has 1 heterocycles. The van der Waals surface area contributed by atoms with Crippen LogP contribution in [0.2, 0.25) is 0 Å². The molecular weight excluding hydrogens is 1070 g/mol. The van der Waals surface area contributed by atoms with Crippen LogP contribution in [0.5, 0.6) is 0 Å². The second-order valence-corrected chi connectivity index (χ2v) is 25.5. The molecule has 17 aromatic carbocycles. The summed E-state index contributed by atoms with van der Waals surface area (Å²) < 4.78 is 0. The number of pyridine rings is 1. The summed E-state index contributed by atoms with van der Waals surface area (Å²) in [7, 11) is 0. The maximum absolute atomic E-state index is 15.3. The van der Waals surface area contributed by atoms with Crippen LogP contribution in [-0.4, -0.2) is 16.6 Å². The van der Waals surface area contributed by atoms with Crippen molar-refractivity contribution in [1.29, 1.82) is 0 Å². The van der Waals surface area contributed by atoms with Crippen molar-refractivity contribution in [3.63, 3.8) is 0 Å². The molecule has 0 saturated heterocycles.